The second-order valence-corrected chi connectivity index (χ2v) is 10.5. The number of unbranched alkanes of at least 4 members (excludes halogenated alkanes) is 1. The minimum Gasteiger partial charge on any atom is -0.479 e. The number of tetrazole rings is 1. The first-order valence-electron chi connectivity index (χ1n) is 13.3. The number of aryl methyl sites for hydroxylation is 1. The molecule has 0 atom stereocenters. The van der Waals surface area contributed by atoms with Gasteiger partial charge < -0.3 is 4.74 Å². The van der Waals surface area contributed by atoms with Crippen molar-refractivity contribution < 1.29 is 4.74 Å². The van der Waals surface area contributed by atoms with Crippen LogP contribution in [0.4, 0.5) is 0 Å². The SMILES string of the molecule is CCCCc1nc2ccc(COc3cccs3)cc2c(=O)n1Cc1ccc(-c2ccccc2-c2nnn[nH]2)cc1. The van der Waals surface area contributed by atoms with Crippen molar-refractivity contribution in [2.75, 3.05) is 0 Å². The summed E-state index contributed by atoms with van der Waals surface area (Å²) < 4.78 is 7.70. The van der Waals surface area contributed by atoms with Gasteiger partial charge in [0.05, 0.1) is 17.4 Å². The lowest BCUT2D eigenvalue weighted by molar-refractivity contribution is 0.316. The monoisotopic (exact) mass is 548 g/mol. The van der Waals surface area contributed by atoms with Gasteiger partial charge in [-0.3, -0.25) is 9.36 Å². The smallest absolute Gasteiger partial charge is 0.261 e. The molecule has 0 aliphatic carbocycles. The Kier molecular flexibility index (Phi) is 7.45. The summed E-state index contributed by atoms with van der Waals surface area (Å²) in [5.41, 5.74) is 5.66. The molecule has 40 heavy (non-hydrogen) atoms. The fourth-order valence-electron chi connectivity index (χ4n) is 4.78. The molecular formula is C31H28N6O2S. The quantitative estimate of drug-likeness (QED) is 0.216. The molecule has 0 amide bonds. The zero-order valence-electron chi connectivity index (χ0n) is 22.1. The number of H-pyrrole nitrogens is 1. The van der Waals surface area contributed by atoms with E-state index in [0.29, 0.717) is 24.4 Å². The molecule has 6 aromatic rings. The van der Waals surface area contributed by atoms with Gasteiger partial charge in [0.2, 0.25) is 0 Å². The third kappa shape index (κ3) is 5.41. The summed E-state index contributed by atoms with van der Waals surface area (Å²) in [6.45, 7) is 3.00. The molecule has 0 radical (unpaired) electrons. The molecule has 0 spiro atoms. The molecule has 3 heterocycles. The third-order valence-corrected chi connectivity index (χ3v) is 7.64. The van der Waals surface area contributed by atoms with Crippen molar-refractivity contribution in [2.45, 2.75) is 39.3 Å². The Morgan fingerprint density at radius 2 is 1.77 bits per heavy atom. The molecule has 3 aromatic carbocycles. The zero-order valence-corrected chi connectivity index (χ0v) is 22.9. The first kappa shape index (κ1) is 25.6. The van der Waals surface area contributed by atoms with Crippen LogP contribution < -0.4 is 10.3 Å². The van der Waals surface area contributed by atoms with E-state index in [-0.39, 0.29) is 5.56 Å². The van der Waals surface area contributed by atoms with Gasteiger partial charge in [0.25, 0.3) is 5.56 Å². The Morgan fingerprint density at radius 1 is 0.950 bits per heavy atom. The maximum absolute atomic E-state index is 13.8. The van der Waals surface area contributed by atoms with Crippen LogP contribution in [0.3, 0.4) is 0 Å². The van der Waals surface area contributed by atoms with Crippen LogP contribution in [-0.2, 0) is 19.6 Å². The molecule has 3 aromatic heterocycles. The summed E-state index contributed by atoms with van der Waals surface area (Å²) >= 11 is 1.55. The number of thiophene rings is 1. The Morgan fingerprint density at radius 3 is 2.52 bits per heavy atom. The highest BCUT2D eigenvalue weighted by Crippen LogP contribution is 2.30. The largest absolute Gasteiger partial charge is 0.479 e. The first-order chi connectivity index (χ1) is 19.7. The van der Waals surface area contributed by atoms with Gasteiger partial charge >= 0.3 is 0 Å². The number of fused-ring (bicyclic) bond motifs is 1. The lowest BCUT2D eigenvalue weighted by Crippen LogP contribution is -2.26. The number of hydrogen-bond donors (Lipinski definition) is 1. The van der Waals surface area contributed by atoms with Crippen LogP contribution in [0.25, 0.3) is 33.4 Å². The molecule has 0 fully saturated rings. The van der Waals surface area contributed by atoms with E-state index in [1.807, 2.05) is 64.5 Å². The molecule has 0 saturated carbocycles. The number of aromatic nitrogens is 6. The van der Waals surface area contributed by atoms with E-state index in [1.54, 1.807) is 11.3 Å². The van der Waals surface area contributed by atoms with Crippen molar-refractivity contribution >= 4 is 22.2 Å². The van der Waals surface area contributed by atoms with E-state index in [0.717, 1.165) is 63.5 Å². The molecule has 0 unspecified atom stereocenters. The van der Waals surface area contributed by atoms with E-state index >= 15 is 0 Å². The number of aromatic amines is 1. The van der Waals surface area contributed by atoms with Gasteiger partial charge in [0.1, 0.15) is 12.4 Å². The van der Waals surface area contributed by atoms with Crippen LogP contribution >= 0.6 is 11.3 Å². The maximum Gasteiger partial charge on any atom is 0.261 e. The summed E-state index contributed by atoms with van der Waals surface area (Å²) in [5, 5.41) is 17.8. The summed E-state index contributed by atoms with van der Waals surface area (Å²) in [4.78, 5) is 18.8. The van der Waals surface area contributed by atoms with Crippen LogP contribution in [0.2, 0.25) is 0 Å². The highest BCUT2D eigenvalue weighted by atomic mass is 32.1. The van der Waals surface area contributed by atoms with Crippen LogP contribution in [0.1, 0.15) is 36.7 Å². The average Bonchev–Trinajstić information content (AvgIpc) is 3.72. The average molecular weight is 549 g/mol. The van der Waals surface area contributed by atoms with Crippen molar-refractivity contribution in [3.63, 3.8) is 0 Å². The lowest BCUT2D eigenvalue weighted by Gasteiger charge is -2.15. The topological polar surface area (TPSA) is 98.6 Å². The number of nitrogens with zero attached hydrogens (tertiary/aromatic N) is 5. The molecule has 0 saturated heterocycles. The van der Waals surface area contributed by atoms with Gasteiger partial charge in [0, 0.05) is 12.0 Å². The normalized spacial score (nSPS) is 11.2. The zero-order chi connectivity index (χ0) is 27.3. The highest BCUT2D eigenvalue weighted by molar-refractivity contribution is 7.11. The third-order valence-electron chi connectivity index (χ3n) is 6.86. The number of ether oxygens (including phenoxy) is 1. The van der Waals surface area contributed by atoms with Crippen molar-refractivity contribution in [1.29, 1.82) is 0 Å². The van der Waals surface area contributed by atoms with Crippen LogP contribution in [0.15, 0.2) is 89.0 Å². The van der Waals surface area contributed by atoms with Crippen LogP contribution in [0, 0.1) is 0 Å². The second-order valence-electron chi connectivity index (χ2n) is 9.59. The van der Waals surface area contributed by atoms with E-state index in [4.69, 9.17) is 9.72 Å². The van der Waals surface area contributed by atoms with Crippen LogP contribution in [0.5, 0.6) is 5.06 Å². The Bertz CT molecular complexity index is 1780. The molecule has 0 aliphatic heterocycles. The molecule has 9 heteroatoms. The van der Waals surface area contributed by atoms with Crippen molar-refractivity contribution in [3.05, 3.63) is 112 Å². The van der Waals surface area contributed by atoms with E-state index in [2.05, 4.69) is 51.8 Å². The molecular weight excluding hydrogens is 520 g/mol. The summed E-state index contributed by atoms with van der Waals surface area (Å²) in [6, 6.07) is 26.0. The minimum absolute atomic E-state index is 0.0266. The fraction of sp³-hybridized carbons (Fsp3) is 0.194. The Balaban J connectivity index is 1.31. The maximum atomic E-state index is 13.8. The van der Waals surface area contributed by atoms with Crippen molar-refractivity contribution in [3.8, 4) is 27.6 Å². The Hall–Kier alpha value is -4.63. The first-order valence-corrected chi connectivity index (χ1v) is 14.2. The highest BCUT2D eigenvalue weighted by Gasteiger charge is 2.14. The summed E-state index contributed by atoms with van der Waals surface area (Å²) in [6.07, 6.45) is 2.75. The Labute approximate surface area is 235 Å². The van der Waals surface area contributed by atoms with Gasteiger partial charge in [-0.05, 0) is 68.7 Å². The van der Waals surface area contributed by atoms with Gasteiger partial charge in [-0.2, -0.15) is 0 Å². The van der Waals surface area contributed by atoms with Crippen molar-refractivity contribution in [2.24, 2.45) is 0 Å². The predicted molar refractivity (Wildman–Crippen MR) is 157 cm³/mol. The van der Waals surface area contributed by atoms with Gasteiger partial charge in [-0.1, -0.05) is 67.9 Å². The summed E-state index contributed by atoms with van der Waals surface area (Å²) in [5.74, 6) is 1.43. The number of benzene rings is 3. The molecule has 6 rings (SSSR count). The number of hydrogen-bond acceptors (Lipinski definition) is 7. The predicted octanol–water partition coefficient (Wildman–Crippen LogP) is 6.28. The molecule has 200 valence electrons. The molecule has 1 N–H and O–H groups in total. The molecule has 8 nitrogen and oxygen atoms in total. The standard InChI is InChI=1S/C31H28N6O2S/c1-2-3-9-28-32-27-16-13-22(20-39-29-10-6-17-40-29)18-26(27)31(38)37(28)19-21-11-14-23(15-12-21)24-7-4-5-8-25(24)30-33-35-36-34-30/h4-8,10-18H,2-3,9,19-20H2,1H3,(H,33,34,35,36). The van der Waals surface area contributed by atoms with Gasteiger partial charge in [-0.25, -0.2) is 10.1 Å². The van der Waals surface area contributed by atoms with Crippen molar-refractivity contribution in [1.82, 2.24) is 30.2 Å². The van der Waals surface area contributed by atoms with E-state index in [1.165, 1.54) is 0 Å². The number of rotatable bonds is 10. The fourth-order valence-corrected chi connectivity index (χ4v) is 5.35. The van der Waals surface area contributed by atoms with Gasteiger partial charge in [-0.15, -0.1) is 16.4 Å². The summed E-state index contributed by atoms with van der Waals surface area (Å²) in [7, 11) is 0. The van der Waals surface area contributed by atoms with Gasteiger partial charge in [0.15, 0.2) is 10.9 Å². The van der Waals surface area contributed by atoms with E-state index in [9.17, 15) is 4.79 Å². The molecule has 0 aliphatic rings. The minimum atomic E-state index is -0.0266. The number of nitrogens with one attached hydrogen (secondary N) is 1. The van der Waals surface area contributed by atoms with Crippen LogP contribution in [-0.4, -0.2) is 30.2 Å². The lowest BCUT2D eigenvalue weighted by atomic mass is 9.98. The van der Waals surface area contributed by atoms with E-state index < -0.39 is 0 Å². The molecule has 0 bridgehead atoms. The second kappa shape index (κ2) is 11.6.